The lowest BCUT2D eigenvalue weighted by atomic mass is 10.2. The third-order valence-corrected chi connectivity index (χ3v) is 5.28. The van der Waals surface area contributed by atoms with Crippen LogP contribution in [0.2, 0.25) is 0 Å². The lowest BCUT2D eigenvalue weighted by molar-refractivity contribution is 0.0687. The number of thiazole rings is 1. The number of nitrogens with zero attached hydrogens (tertiary/aromatic N) is 1. The molecule has 0 saturated carbocycles. The molecule has 0 aliphatic rings. The molecule has 0 saturated heterocycles. The number of carboxylic acid groups (broad SMARTS) is 1. The maximum absolute atomic E-state index is 12.3. The Morgan fingerprint density at radius 3 is 2.81 bits per heavy atom. The van der Waals surface area contributed by atoms with Crippen molar-refractivity contribution >= 4 is 33.0 Å². The summed E-state index contributed by atoms with van der Waals surface area (Å²) in [7, 11) is -2.52. The van der Waals surface area contributed by atoms with Gasteiger partial charge in [0.05, 0.1) is 17.8 Å². The molecule has 7 nitrogen and oxygen atoms in total. The van der Waals surface area contributed by atoms with E-state index in [1.807, 2.05) is 0 Å². The van der Waals surface area contributed by atoms with E-state index >= 15 is 0 Å². The number of para-hydroxylation sites is 1. The standard InChI is InChI=1S/C12H12N2O5S2/c1-19-6-8-4-2-3-5-9(8)14-21(17,18)12-10(11(15)16)13-7-20-12/h2-5,7,14H,6H2,1H3,(H,15,16). The third-order valence-electron chi connectivity index (χ3n) is 2.54. The molecule has 0 unspecified atom stereocenters. The highest BCUT2D eigenvalue weighted by Crippen LogP contribution is 2.25. The maximum atomic E-state index is 12.3. The van der Waals surface area contributed by atoms with Crippen LogP contribution in [-0.4, -0.2) is 31.6 Å². The second-order valence-corrected chi connectivity index (χ2v) is 6.72. The van der Waals surface area contributed by atoms with Gasteiger partial charge in [-0.2, -0.15) is 0 Å². The molecule has 0 spiro atoms. The average Bonchev–Trinajstić information content (AvgIpc) is 2.91. The summed E-state index contributed by atoms with van der Waals surface area (Å²) in [6.07, 6.45) is 0. The van der Waals surface area contributed by atoms with Crippen molar-refractivity contribution in [2.45, 2.75) is 10.8 Å². The Balaban J connectivity index is 2.38. The van der Waals surface area contributed by atoms with Crippen LogP contribution in [0.3, 0.4) is 0 Å². The predicted molar refractivity (Wildman–Crippen MR) is 77.0 cm³/mol. The van der Waals surface area contributed by atoms with Crippen LogP contribution in [0, 0.1) is 0 Å². The molecule has 1 aromatic carbocycles. The lowest BCUT2D eigenvalue weighted by Gasteiger charge is -2.11. The van der Waals surface area contributed by atoms with Crippen LogP contribution in [0.1, 0.15) is 16.1 Å². The van der Waals surface area contributed by atoms with Gasteiger partial charge in [0.2, 0.25) is 0 Å². The van der Waals surface area contributed by atoms with Gasteiger partial charge in [-0.3, -0.25) is 4.72 Å². The number of rotatable bonds is 6. The summed E-state index contributed by atoms with van der Waals surface area (Å²) in [6, 6.07) is 6.71. The molecule has 0 bridgehead atoms. The molecule has 112 valence electrons. The Bertz CT molecular complexity index is 755. The minimum Gasteiger partial charge on any atom is -0.476 e. The third kappa shape index (κ3) is 3.38. The van der Waals surface area contributed by atoms with Crippen LogP contribution < -0.4 is 4.72 Å². The number of benzene rings is 1. The number of nitrogens with one attached hydrogen (secondary N) is 1. The number of methoxy groups -OCH3 is 1. The topological polar surface area (TPSA) is 106 Å². The van der Waals surface area contributed by atoms with Gasteiger partial charge in [-0.1, -0.05) is 18.2 Å². The number of hydrogen-bond acceptors (Lipinski definition) is 6. The van der Waals surface area contributed by atoms with Crippen LogP contribution in [-0.2, 0) is 21.4 Å². The van der Waals surface area contributed by atoms with Crippen molar-refractivity contribution in [3.05, 3.63) is 41.0 Å². The van der Waals surface area contributed by atoms with Crippen molar-refractivity contribution in [2.75, 3.05) is 11.8 Å². The average molecular weight is 328 g/mol. The van der Waals surface area contributed by atoms with Gasteiger partial charge in [-0.25, -0.2) is 18.2 Å². The molecule has 2 N–H and O–H groups in total. The van der Waals surface area contributed by atoms with E-state index in [0.29, 0.717) is 11.3 Å². The Morgan fingerprint density at radius 1 is 1.43 bits per heavy atom. The van der Waals surface area contributed by atoms with Crippen molar-refractivity contribution in [3.63, 3.8) is 0 Å². The molecule has 0 aliphatic heterocycles. The number of ether oxygens (including phenoxy) is 1. The highest BCUT2D eigenvalue weighted by Gasteiger charge is 2.26. The second-order valence-electron chi connectivity index (χ2n) is 3.99. The Labute approximate surface area is 125 Å². The summed E-state index contributed by atoms with van der Waals surface area (Å²) in [4.78, 5) is 14.5. The molecule has 21 heavy (non-hydrogen) atoms. The van der Waals surface area contributed by atoms with E-state index in [-0.39, 0.29) is 10.8 Å². The van der Waals surface area contributed by atoms with Crippen LogP contribution in [0.25, 0.3) is 0 Å². The van der Waals surface area contributed by atoms with E-state index in [2.05, 4.69) is 9.71 Å². The number of sulfonamides is 1. The van der Waals surface area contributed by atoms with Crippen molar-refractivity contribution in [3.8, 4) is 0 Å². The normalized spacial score (nSPS) is 11.3. The molecular formula is C12H12N2O5S2. The molecule has 1 aromatic heterocycles. The van der Waals surface area contributed by atoms with Crippen LogP contribution in [0.4, 0.5) is 5.69 Å². The van der Waals surface area contributed by atoms with Gasteiger partial charge in [0, 0.05) is 12.7 Å². The number of aromatic nitrogens is 1. The number of carbonyl (C=O) groups is 1. The molecule has 0 radical (unpaired) electrons. The van der Waals surface area contributed by atoms with E-state index in [1.165, 1.54) is 12.6 Å². The van der Waals surface area contributed by atoms with Gasteiger partial charge in [0.1, 0.15) is 0 Å². The van der Waals surface area contributed by atoms with Crippen molar-refractivity contribution in [1.82, 2.24) is 4.98 Å². The number of hydrogen-bond donors (Lipinski definition) is 2. The van der Waals surface area contributed by atoms with E-state index in [9.17, 15) is 13.2 Å². The van der Waals surface area contributed by atoms with Gasteiger partial charge >= 0.3 is 5.97 Å². The monoisotopic (exact) mass is 328 g/mol. The van der Waals surface area contributed by atoms with Crippen molar-refractivity contribution < 1.29 is 23.1 Å². The zero-order valence-electron chi connectivity index (χ0n) is 10.9. The fourth-order valence-electron chi connectivity index (χ4n) is 1.66. The summed E-state index contributed by atoms with van der Waals surface area (Å²) in [6.45, 7) is 0.229. The summed E-state index contributed by atoms with van der Waals surface area (Å²) in [5.74, 6) is -1.39. The van der Waals surface area contributed by atoms with Gasteiger partial charge in [0.25, 0.3) is 10.0 Å². The van der Waals surface area contributed by atoms with Crippen LogP contribution in [0.15, 0.2) is 34.0 Å². The fourth-order valence-corrected chi connectivity index (χ4v) is 3.90. The fraction of sp³-hybridized carbons (Fsp3) is 0.167. The molecule has 1 heterocycles. The van der Waals surface area contributed by atoms with Crippen molar-refractivity contribution in [1.29, 1.82) is 0 Å². The van der Waals surface area contributed by atoms with E-state index in [0.717, 1.165) is 11.3 Å². The summed E-state index contributed by atoms with van der Waals surface area (Å²) < 4.78 is 31.6. The first-order valence-electron chi connectivity index (χ1n) is 5.72. The quantitative estimate of drug-likeness (QED) is 0.837. The molecule has 0 atom stereocenters. The zero-order valence-corrected chi connectivity index (χ0v) is 12.6. The zero-order chi connectivity index (χ0) is 15.5. The summed E-state index contributed by atoms with van der Waals surface area (Å²) >= 11 is 0.750. The Morgan fingerprint density at radius 2 is 2.14 bits per heavy atom. The van der Waals surface area contributed by atoms with E-state index in [1.54, 1.807) is 24.3 Å². The van der Waals surface area contributed by atoms with Gasteiger partial charge in [-0.15, -0.1) is 11.3 Å². The van der Waals surface area contributed by atoms with Crippen LogP contribution >= 0.6 is 11.3 Å². The Hall–Kier alpha value is -1.97. The summed E-state index contributed by atoms with van der Waals surface area (Å²) in [5, 5.41) is 8.95. The minimum atomic E-state index is -4.02. The largest absolute Gasteiger partial charge is 0.476 e. The highest BCUT2D eigenvalue weighted by atomic mass is 32.2. The van der Waals surface area contributed by atoms with Crippen molar-refractivity contribution in [2.24, 2.45) is 0 Å². The smallest absolute Gasteiger partial charge is 0.356 e. The molecule has 0 fully saturated rings. The molecule has 0 amide bonds. The minimum absolute atomic E-state index is 0.229. The number of carboxylic acids is 1. The van der Waals surface area contributed by atoms with Crippen LogP contribution in [0.5, 0.6) is 0 Å². The van der Waals surface area contributed by atoms with E-state index < -0.39 is 21.7 Å². The molecule has 2 rings (SSSR count). The van der Waals surface area contributed by atoms with E-state index in [4.69, 9.17) is 9.84 Å². The Kier molecular flexibility index (Phi) is 4.56. The van der Waals surface area contributed by atoms with Gasteiger partial charge < -0.3 is 9.84 Å². The number of aromatic carboxylic acids is 1. The predicted octanol–water partition coefficient (Wildman–Crippen LogP) is 1.79. The molecule has 2 aromatic rings. The molecule has 0 aliphatic carbocycles. The highest BCUT2D eigenvalue weighted by molar-refractivity contribution is 7.94. The first-order valence-corrected chi connectivity index (χ1v) is 8.08. The lowest BCUT2D eigenvalue weighted by Crippen LogP contribution is -2.16. The first-order chi connectivity index (χ1) is 9.95. The molecular weight excluding hydrogens is 316 g/mol. The van der Waals surface area contributed by atoms with Gasteiger partial charge in [0.15, 0.2) is 9.90 Å². The maximum Gasteiger partial charge on any atom is 0.356 e. The SMILES string of the molecule is COCc1ccccc1NS(=O)(=O)c1scnc1C(=O)O. The van der Waals surface area contributed by atoms with Gasteiger partial charge in [-0.05, 0) is 6.07 Å². The first kappa shape index (κ1) is 15.4. The summed E-state index contributed by atoms with van der Waals surface area (Å²) in [5.41, 5.74) is 1.67. The second kappa shape index (κ2) is 6.20. The molecule has 9 heteroatoms. The number of anilines is 1.